The molecule has 4 heteroatoms. The quantitative estimate of drug-likeness (QED) is 0.458. The molecule has 0 saturated carbocycles. The highest BCUT2D eigenvalue weighted by Gasteiger charge is 2.41. The van der Waals surface area contributed by atoms with Gasteiger partial charge in [-0.2, -0.15) is 0 Å². The third kappa shape index (κ3) is 5.55. The van der Waals surface area contributed by atoms with Crippen molar-refractivity contribution >= 4 is 0 Å². The number of rotatable bonds is 10. The van der Waals surface area contributed by atoms with Crippen molar-refractivity contribution in [3.8, 4) is 0 Å². The van der Waals surface area contributed by atoms with Gasteiger partial charge in [0, 0.05) is 10.8 Å². The molecule has 0 N–H and O–H groups in total. The molecule has 4 nitrogen and oxygen atoms in total. The maximum absolute atomic E-state index is 5.98. The molecular weight excluding hydrogens is 268 g/mol. The average molecular weight is 298 g/mol. The van der Waals surface area contributed by atoms with Crippen LogP contribution in [-0.2, 0) is 18.9 Å². The summed E-state index contributed by atoms with van der Waals surface area (Å²) < 4.78 is 23.1. The number of ether oxygens (including phenoxy) is 4. The van der Waals surface area contributed by atoms with Crippen LogP contribution in [-0.4, -0.2) is 45.9 Å². The molecule has 0 radical (unpaired) electrons. The number of hydrogen-bond donors (Lipinski definition) is 0. The molecule has 1 rings (SSSR count). The Morgan fingerprint density at radius 1 is 1.14 bits per heavy atom. The molecule has 0 atom stereocenters. The Hall–Kier alpha value is -0.680. The van der Waals surface area contributed by atoms with Crippen LogP contribution in [0.2, 0.25) is 0 Å². The maximum Gasteiger partial charge on any atom is 0.164 e. The van der Waals surface area contributed by atoms with Gasteiger partial charge in [0.05, 0.1) is 39.6 Å². The van der Waals surface area contributed by atoms with Crippen molar-refractivity contribution in [2.75, 3.05) is 39.6 Å². The van der Waals surface area contributed by atoms with Crippen LogP contribution in [0.15, 0.2) is 25.3 Å². The van der Waals surface area contributed by atoms with Crippen molar-refractivity contribution < 1.29 is 18.9 Å². The fraction of sp³-hybridized carbons (Fsp3) is 0.765. The lowest BCUT2D eigenvalue weighted by atomic mass is 9.85. The zero-order valence-corrected chi connectivity index (χ0v) is 13.7. The molecule has 0 aromatic rings. The zero-order chi connectivity index (χ0) is 15.8. The zero-order valence-electron chi connectivity index (χ0n) is 13.7. The van der Waals surface area contributed by atoms with Gasteiger partial charge in [-0.3, -0.25) is 0 Å². The summed E-state index contributed by atoms with van der Waals surface area (Å²) in [7, 11) is 0. The minimum Gasteiger partial charge on any atom is -0.377 e. The molecule has 1 aliphatic heterocycles. The topological polar surface area (TPSA) is 36.9 Å². The second-order valence-electron chi connectivity index (χ2n) is 6.40. The van der Waals surface area contributed by atoms with Gasteiger partial charge in [0.25, 0.3) is 0 Å². The van der Waals surface area contributed by atoms with Crippen molar-refractivity contribution in [2.45, 2.75) is 33.5 Å². The summed E-state index contributed by atoms with van der Waals surface area (Å²) in [4.78, 5) is 0. The molecule has 1 heterocycles. The van der Waals surface area contributed by atoms with Gasteiger partial charge in [0.1, 0.15) is 0 Å². The van der Waals surface area contributed by atoms with Crippen molar-refractivity contribution in [1.29, 1.82) is 0 Å². The molecule has 1 fully saturated rings. The predicted octanol–water partition coefficient (Wildman–Crippen LogP) is 3.19. The Kier molecular flexibility index (Phi) is 7.60. The van der Waals surface area contributed by atoms with Crippen LogP contribution < -0.4 is 0 Å². The van der Waals surface area contributed by atoms with E-state index in [1.165, 1.54) is 0 Å². The monoisotopic (exact) mass is 298 g/mol. The second kappa shape index (κ2) is 8.69. The Bertz CT molecular complexity index is 317. The number of hydrogen-bond acceptors (Lipinski definition) is 4. The Morgan fingerprint density at radius 2 is 1.71 bits per heavy atom. The Morgan fingerprint density at radius 3 is 2.24 bits per heavy atom. The van der Waals surface area contributed by atoms with Gasteiger partial charge in [-0.05, 0) is 6.42 Å². The lowest BCUT2D eigenvalue weighted by Gasteiger charge is -2.44. The molecule has 122 valence electrons. The lowest BCUT2D eigenvalue weighted by Crippen LogP contribution is -2.50. The highest BCUT2D eigenvalue weighted by atomic mass is 16.7. The molecule has 1 saturated heterocycles. The van der Waals surface area contributed by atoms with Gasteiger partial charge in [-0.1, -0.05) is 32.9 Å². The first-order valence-corrected chi connectivity index (χ1v) is 7.60. The predicted molar refractivity (Wildman–Crippen MR) is 84.2 cm³/mol. The largest absolute Gasteiger partial charge is 0.377 e. The molecule has 1 aliphatic rings. The van der Waals surface area contributed by atoms with Crippen LogP contribution in [0.5, 0.6) is 0 Å². The SMILES string of the molecule is C=CCOCC1(CC)COC(C(C)(C)COCC=C)OC1. The second-order valence-corrected chi connectivity index (χ2v) is 6.40. The van der Waals surface area contributed by atoms with Crippen LogP contribution in [0.3, 0.4) is 0 Å². The fourth-order valence-electron chi connectivity index (χ4n) is 2.27. The molecule has 0 aliphatic carbocycles. The van der Waals surface area contributed by atoms with E-state index >= 15 is 0 Å². The van der Waals surface area contributed by atoms with E-state index in [1.807, 2.05) is 0 Å². The van der Waals surface area contributed by atoms with Gasteiger partial charge in [0.15, 0.2) is 6.29 Å². The third-order valence-electron chi connectivity index (χ3n) is 3.82. The molecule has 0 spiro atoms. The lowest BCUT2D eigenvalue weighted by molar-refractivity contribution is -0.282. The first-order chi connectivity index (χ1) is 9.99. The molecule has 0 aromatic heterocycles. The van der Waals surface area contributed by atoms with E-state index in [0.29, 0.717) is 39.6 Å². The van der Waals surface area contributed by atoms with Crippen molar-refractivity contribution in [3.05, 3.63) is 25.3 Å². The van der Waals surface area contributed by atoms with Crippen LogP contribution in [0.1, 0.15) is 27.2 Å². The summed E-state index contributed by atoms with van der Waals surface area (Å²) in [5, 5.41) is 0. The highest BCUT2D eigenvalue weighted by molar-refractivity contribution is 4.85. The summed E-state index contributed by atoms with van der Waals surface area (Å²) in [6.07, 6.45) is 4.22. The smallest absolute Gasteiger partial charge is 0.164 e. The maximum atomic E-state index is 5.98. The van der Waals surface area contributed by atoms with Gasteiger partial charge < -0.3 is 18.9 Å². The van der Waals surface area contributed by atoms with Crippen LogP contribution >= 0.6 is 0 Å². The molecule has 21 heavy (non-hydrogen) atoms. The minimum atomic E-state index is -0.249. The first-order valence-electron chi connectivity index (χ1n) is 7.60. The van der Waals surface area contributed by atoms with Gasteiger partial charge in [0.2, 0.25) is 0 Å². The standard InChI is InChI=1S/C17H30O4/c1-6-9-18-11-16(4,5)15-20-13-17(8-3,14-21-15)12-19-10-7-2/h6-7,15H,1-2,8-14H2,3-5H3. The van der Waals surface area contributed by atoms with Gasteiger partial charge >= 0.3 is 0 Å². The molecular formula is C17H30O4. The summed E-state index contributed by atoms with van der Waals surface area (Å²) >= 11 is 0. The Balaban J connectivity index is 2.48. The van der Waals surface area contributed by atoms with E-state index in [4.69, 9.17) is 18.9 Å². The normalized spacial score (nSPS) is 26.5. The summed E-state index contributed by atoms with van der Waals surface area (Å²) in [5.74, 6) is 0. The van der Waals surface area contributed by atoms with E-state index < -0.39 is 0 Å². The van der Waals surface area contributed by atoms with E-state index in [9.17, 15) is 0 Å². The van der Waals surface area contributed by atoms with Crippen molar-refractivity contribution in [1.82, 2.24) is 0 Å². The molecule has 0 unspecified atom stereocenters. The summed E-state index contributed by atoms with van der Waals surface area (Å²) in [6, 6.07) is 0. The minimum absolute atomic E-state index is 0.0580. The summed E-state index contributed by atoms with van der Waals surface area (Å²) in [5.41, 5.74) is -0.248. The average Bonchev–Trinajstić information content (AvgIpc) is 2.48. The molecule has 0 amide bonds. The van der Waals surface area contributed by atoms with Crippen LogP contribution in [0.25, 0.3) is 0 Å². The highest BCUT2D eigenvalue weighted by Crippen LogP contribution is 2.35. The van der Waals surface area contributed by atoms with Gasteiger partial charge in [-0.25, -0.2) is 0 Å². The van der Waals surface area contributed by atoms with Crippen LogP contribution in [0.4, 0.5) is 0 Å². The Labute approximate surface area is 129 Å². The first kappa shape index (κ1) is 18.4. The fourth-order valence-corrected chi connectivity index (χ4v) is 2.27. The van der Waals surface area contributed by atoms with Crippen molar-refractivity contribution in [3.63, 3.8) is 0 Å². The van der Waals surface area contributed by atoms with Crippen LogP contribution in [0, 0.1) is 10.8 Å². The molecule has 0 aromatic carbocycles. The van der Waals surface area contributed by atoms with Gasteiger partial charge in [-0.15, -0.1) is 13.2 Å². The van der Waals surface area contributed by atoms with E-state index in [0.717, 1.165) is 6.42 Å². The van der Waals surface area contributed by atoms with Crippen molar-refractivity contribution in [2.24, 2.45) is 10.8 Å². The van der Waals surface area contributed by atoms with E-state index in [2.05, 4.69) is 33.9 Å². The van der Waals surface area contributed by atoms with E-state index in [1.54, 1.807) is 12.2 Å². The summed E-state index contributed by atoms with van der Waals surface area (Å²) in [6.45, 7) is 17.3. The van der Waals surface area contributed by atoms with E-state index in [-0.39, 0.29) is 17.1 Å². The molecule has 0 bridgehead atoms. The third-order valence-corrected chi connectivity index (χ3v) is 3.82.